The Kier molecular flexibility index (Phi) is 5.05. The van der Waals surface area contributed by atoms with Gasteiger partial charge >= 0.3 is 0 Å². The van der Waals surface area contributed by atoms with Crippen molar-refractivity contribution in [3.05, 3.63) is 34.3 Å². The van der Waals surface area contributed by atoms with E-state index < -0.39 is 0 Å². The molecule has 0 atom stereocenters. The molecule has 0 heterocycles. The van der Waals surface area contributed by atoms with Gasteiger partial charge in [0.05, 0.1) is 19.8 Å². The first-order valence-electron chi connectivity index (χ1n) is 4.14. The van der Waals surface area contributed by atoms with Gasteiger partial charge in [-0.1, -0.05) is 34.1 Å². The number of hydrogen-bond acceptors (Lipinski definition) is 2. The monoisotopic (exact) mass is 244 g/mol. The lowest BCUT2D eigenvalue weighted by Gasteiger charge is -2.05. The first-order valence-corrected chi connectivity index (χ1v) is 4.94. The minimum absolute atomic E-state index is 0.630. The fraction of sp³-hybridized carbons (Fsp3) is 0.400. The summed E-state index contributed by atoms with van der Waals surface area (Å²) in [5.74, 6) is 0. The molecule has 0 aliphatic carbocycles. The highest BCUT2D eigenvalue weighted by molar-refractivity contribution is 9.10. The highest BCUT2D eigenvalue weighted by Crippen LogP contribution is 2.16. The van der Waals surface area contributed by atoms with E-state index in [1.165, 1.54) is 5.56 Å². The van der Waals surface area contributed by atoms with Crippen LogP contribution in [-0.2, 0) is 16.1 Å². The van der Waals surface area contributed by atoms with Gasteiger partial charge < -0.3 is 9.47 Å². The Labute approximate surface area is 87.0 Å². The molecule has 0 N–H and O–H groups in total. The summed E-state index contributed by atoms with van der Waals surface area (Å²) in [6, 6.07) is 8.04. The average molecular weight is 245 g/mol. The Morgan fingerprint density at radius 2 is 2.00 bits per heavy atom. The predicted molar refractivity (Wildman–Crippen MR) is 55.7 cm³/mol. The molecule has 1 rings (SSSR count). The Bertz CT molecular complexity index is 250. The van der Waals surface area contributed by atoms with Crippen molar-refractivity contribution in [2.24, 2.45) is 0 Å². The van der Waals surface area contributed by atoms with Crippen molar-refractivity contribution in [1.82, 2.24) is 0 Å². The highest BCUT2D eigenvalue weighted by Gasteiger charge is 1.97. The molecule has 1 aromatic carbocycles. The van der Waals surface area contributed by atoms with Crippen LogP contribution in [0, 0.1) is 0 Å². The molecule has 0 bridgehead atoms. The van der Waals surface area contributed by atoms with E-state index in [1.54, 1.807) is 7.11 Å². The smallest absolute Gasteiger partial charge is 0.0728 e. The molecule has 0 amide bonds. The third kappa shape index (κ3) is 3.89. The van der Waals surface area contributed by atoms with Crippen LogP contribution in [0.3, 0.4) is 0 Å². The summed E-state index contributed by atoms with van der Waals surface area (Å²) in [5, 5.41) is 0. The third-order valence-electron chi connectivity index (χ3n) is 1.65. The summed E-state index contributed by atoms with van der Waals surface area (Å²) in [6.07, 6.45) is 0. The maximum absolute atomic E-state index is 5.39. The van der Waals surface area contributed by atoms with Crippen LogP contribution < -0.4 is 0 Å². The Hall–Kier alpha value is -0.380. The lowest BCUT2D eigenvalue weighted by Crippen LogP contribution is -2.01. The summed E-state index contributed by atoms with van der Waals surface area (Å²) in [4.78, 5) is 0. The Morgan fingerprint density at radius 3 is 2.69 bits per heavy atom. The lowest BCUT2D eigenvalue weighted by atomic mass is 10.2. The van der Waals surface area contributed by atoms with Gasteiger partial charge in [-0.2, -0.15) is 0 Å². The molecule has 0 saturated carbocycles. The van der Waals surface area contributed by atoms with Gasteiger partial charge in [0.2, 0.25) is 0 Å². The van der Waals surface area contributed by atoms with Gasteiger partial charge in [0.25, 0.3) is 0 Å². The van der Waals surface area contributed by atoms with E-state index in [9.17, 15) is 0 Å². The lowest BCUT2D eigenvalue weighted by molar-refractivity contribution is 0.0614. The van der Waals surface area contributed by atoms with Crippen molar-refractivity contribution in [2.45, 2.75) is 6.61 Å². The summed E-state index contributed by atoms with van der Waals surface area (Å²) < 4.78 is 11.3. The molecule has 0 fully saturated rings. The van der Waals surface area contributed by atoms with Gasteiger partial charge in [0.15, 0.2) is 0 Å². The molecule has 13 heavy (non-hydrogen) atoms. The zero-order valence-corrected chi connectivity index (χ0v) is 9.21. The van der Waals surface area contributed by atoms with Crippen molar-refractivity contribution < 1.29 is 9.47 Å². The number of rotatable bonds is 5. The number of hydrogen-bond donors (Lipinski definition) is 0. The summed E-state index contributed by atoms with van der Waals surface area (Å²) >= 11 is 3.45. The van der Waals surface area contributed by atoms with Crippen molar-refractivity contribution in [1.29, 1.82) is 0 Å². The van der Waals surface area contributed by atoms with E-state index in [4.69, 9.17) is 9.47 Å². The molecule has 0 aliphatic rings. The summed E-state index contributed by atoms with van der Waals surface area (Å²) in [5.41, 5.74) is 1.17. The molecule has 0 aliphatic heterocycles. The fourth-order valence-electron chi connectivity index (χ4n) is 0.940. The van der Waals surface area contributed by atoms with Crippen LogP contribution in [0.15, 0.2) is 28.7 Å². The van der Waals surface area contributed by atoms with E-state index in [0.29, 0.717) is 19.8 Å². The Morgan fingerprint density at radius 1 is 1.23 bits per heavy atom. The van der Waals surface area contributed by atoms with Crippen molar-refractivity contribution in [2.75, 3.05) is 20.3 Å². The zero-order valence-electron chi connectivity index (χ0n) is 7.63. The van der Waals surface area contributed by atoms with E-state index in [2.05, 4.69) is 15.9 Å². The molecule has 1 aromatic rings. The molecule has 0 radical (unpaired) electrons. The second-order valence-corrected chi connectivity index (χ2v) is 3.49. The number of benzene rings is 1. The van der Waals surface area contributed by atoms with Gasteiger partial charge in [-0.25, -0.2) is 0 Å². The highest BCUT2D eigenvalue weighted by atomic mass is 79.9. The average Bonchev–Trinajstić information content (AvgIpc) is 2.15. The van der Waals surface area contributed by atoms with Gasteiger partial charge in [-0.15, -0.1) is 0 Å². The topological polar surface area (TPSA) is 18.5 Å². The second kappa shape index (κ2) is 6.13. The van der Waals surface area contributed by atoms with Crippen LogP contribution in [0.1, 0.15) is 5.56 Å². The molecular weight excluding hydrogens is 232 g/mol. The van der Waals surface area contributed by atoms with E-state index in [-0.39, 0.29) is 0 Å². The number of halogens is 1. The molecule has 72 valence electrons. The van der Waals surface area contributed by atoms with Gasteiger partial charge in [-0.3, -0.25) is 0 Å². The zero-order chi connectivity index (χ0) is 9.52. The molecule has 0 saturated heterocycles. The van der Waals surface area contributed by atoms with Crippen LogP contribution in [-0.4, -0.2) is 20.3 Å². The normalized spacial score (nSPS) is 10.3. The minimum Gasteiger partial charge on any atom is -0.382 e. The number of methoxy groups -OCH3 is 1. The standard InChI is InChI=1S/C10H13BrO2/c1-12-6-7-13-8-9-4-2-3-5-10(9)11/h2-5H,6-8H2,1H3. The molecule has 2 nitrogen and oxygen atoms in total. The van der Waals surface area contributed by atoms with Crippen molar-refractivity contribution >= 4 is 15.9 Å². The quantitative estimate of drug-likeness (QED) is 0.742. The number of ether oxygens (including phenoxy) is 2. The predicted octanol–water partition coefficient (Wildman–Crippen LogP) is 2.61. The third-order valence-corrected chi connectivity index (χ3v) is 2.42. The SMILES string of the molecule is COCCOCc1ccccc1Br. The minimum atomic E-state index is 0.630. The largest absolute Gasteiger partial charge is 0.382 e. The fourth-order valence-corrected chi connectivity index (χ4v) is 1.34. The maximum atomic E-state index is 5.39. The van der Waals surface area contributed by atoms with Crippen molar-refractivity contribution in [3.63, 3.8) is 0 Å². The van der Waals surface area contributed by atoms with Gasteiger partial charge in [-0.05, 0) is 11.6 Å². The maximum Gasteiger partial charge on any atom is 0.0728 e. The van der Waals surface area contributed by atoms with Gasteiger partial charge in [0, 0.05) is 11.6 Å². The van der Waals surface area contributed by atoms with Gasteiger partial charge in [0.1, 0.15) is 0 Å². The Balaban J connectivity index is 2.32. The summed E-state index contributed by atoms with van der Waals surface area (Å²) in [7, 11) is 1.67. The van der Waals surface area contributed by atoms with E-state index >= 15 is 0 Å². The van der Waals surface area contributed by atoms with Crippen LogP contribution in [0.5, 0.6) is 0 Å². The molecule has 0 aromatic heterocycles. The summed E-state index contributed by atoms with van der Waals surface area (Å²) in [6.45, 7) is 1.91. The van der Waals surface area contributed by atoms with Crippen LogP contribution in [0.25, 0.3) is 0 Å². The van der Waals surface area contributed by atoms with Crippen molar-refractivity contribution in [3.8, 4) is 0 Å². The first-order chi connectivity index (χ1) is 6.34. The molecule has 0 unspecified atom stereocenters. The van der Waals surface area contributed by atoms with E-state index in [1.807, 2.05) is 24.3 Å². The molecule has 3 heteroatoms. The second-order valence-electron chi connectivity index (χ2n) is 2.64. The van der Waals surface area contributed by atoms with Crippen LogP contribution in [0.4, 0.5) is 0 Å². The van der Waals surface area contributed by atoms with Crippen LogP contribution >= 0.6 is 15.9 Å². The molecule has 0 spiro atoms. The molecular formula is C10H13BrO2. The first kappa shape index (κ1) is 10.7. The van der Waals surface area contributed by atoms with E-state index in [0.717, 1.165) is 4.47 Å². The van der Waals surface area contributed by atoms with Crippen LogP contribution in [0.2, 0.25) is 0 Å².